The molecule has 6 heteroatoms. The number of piperidine rings is 1. The first-order valence-corrected chi connectivity index (χ1v) is 8.99. The quantitative estimate of drug-likeness (QED) is 0.756. The number of aromatic nitrogens is 3. The van der Waals surface area contributed by atoms with Crippen molar-refractivity contribution in [1.82, 2.24) is 20.1 Å². The summed E-state index contributed by atoms with van der Waals surface area (Å²) >= 11 is 0. The molecule has 3 aromatic rings. The predicted octanol–water partition coefficient (Wildman–Crippen LogP) is 3.21. The minimum atomic E-state index is 0.219. The molecule has 0 bridgehead atoms. The van der Waals surface area contributed by atoms with Crippen LogP contribution >= 0.6 is 0 Å². The van der Waals surface area contributed by atoms with E-state index in [1.54, 1.807) is 0 Å². The van der Waals surface area contributed by atoms with Crippen molar-refractivity contribution in [2.75, 3.05) is 25.5 Å². The fourth-order valence-electron chi connectivity index (χ4n) is 3.63. The van der Waals surface area contributed by atoms with E-state index >= 15 is 0 Å². The molecule has 0 saturated carbocycles. The minimum Gasteiger partial charge on any atom is -0.507 e. The van der Waals surface area contributed by atoms with Gasteiger partial charge >= 0.3 is 0 Å². The van der Waals surface area contributed by atoms with Gasteiger partial charge in [0.15, 0.2) is 0 Å². The van der Waals surface area contributed by atoms with Gasteiger partial charge < -0.3 is 15.3 Å². The lowest BCUT2D eigenvalue weighted by molar-refractivity contribution is 0.260. The number of phenolic OH excluding ortho intramolecular Hbond substituents is 1. The summed E-state index contributed by atoms with van der Waals surface area (Å²) in [5.74, 6) is 0.767. The van der Waals surface area contributed by atoms with Crippen molar-refractivity contribution in [3.05, 3.63) is 42.1 Å². The van der Waals surface area contributed by atoms with Crippen LogP contribution in [0, 0.1) is 6.92 Å². The molecule has 6 nitrogen and oxygen atoms in total. The third-order valence-electron chi connectivity index (χ3n) is 4.97. The highest BCUT2D eigenvalue weighted by Gasteiger charge is 2.19. The highest BCUT2D eigenvalue weighted by molar-refractivity contribution is 5.94. The van der Waals surface area contributed by atoms with Crippen LogP contribution in [0.25, 0.3) is 22.0 Å². The molecule has 1 atom stereocenters. The monoisotopic (exact) mass is 349 g/mol. The molecule has 2 heterocycles. The van der Waals surface area contributed by atoms with Gasteiger partial charge in [-0.1, -0.05) is 30.3 Å². The van der Waals surface area contributed by atoms with Crippen LogP contribution in [0.1, 0.15) is 18.5 Å². The van der Waals surface area contributed by atoms with Gasteiger partial charge in [0.1, 0.15) is 11.4 Å². The lowest BCUT2D eigenvalue weighted by atomic mass is 10.0. The van der Waals surface area contributed by atoms with Crippen molar-refractivity contribution in [3.63, 3.8) is 0 Å². The van der Waals surface area contributed by atoms with E-state index in [4.69, 9.17) is 0 Å². The highest BCUT2D eigenvalue weighted by Crippen LogP contribution is 2.35. The van der Waals surface area contributed by atoms with Gasteiger partial charge in [-0.05, 0) is 44.8 Å². The van der Waals surface area contributed by atoms with Crippen molar-refractivity contribution in [2.45, 2.75) is 25.8 Å². The van der Waals surface area contributed by atoms with Gasteiger partial charge in [0, 0.05) is 23.5 Å². The molecule has 0 spiro atoms. The number of hydrogen-bond acceptors (Lipinski definition) is 6. The van der Waals surface area contributed by atoms with Crippen LogP contribution in [-0.4, -0.2) is 51.4 Å². The number of likely N-dealkylation sites (tertiary alicyclic amines) is 1. The van der Waals surface area contributed by atoms with Crippen molar-refractivity contribution in [1.29, 1.82) is 0 Å². The predicted molar refractivity (Wildman–Crippen MR) is 103 cm³/mol. The lowest BCUT2D eigenvalue weighted by Gasteiger charge is -2.30. The molecular formula is C20H23N5O. The molecule has 1 fully saturated rings. The van der Waals surface area contributed by atoms with Gasteiger partial charge in [-0.25, -0.2) is 4.98 Å². The van der Waals surface area contributed by atoms with E-state index < -0.39 is 0 Å². The fourth-order valence-corrected chi connectivity index (χ4v) is 3.63. The van der Waals surface area contributed by atoms with E-state index in [1.165, 1.54) is 6.42 Å². The molecule has 1 aliphatic rings. The summed E-state index contributed by atoms with van der Waals surface area (Å²) in [6.07, 6.45) is 2.28. The molecular weight excluding hydrogens is 326 g/mol. The summed E-state index contributed by atoms with van der Waals surface area (Å²) < 4.78 is 0. The first-order valence-electron chi connectivity index (χ1n) is 8.99. The van der Waals surface area contributed by atoms with Gasteiger partial charge in [-0.3, -0.25) is 0 Å². The third-order valence-corrected chi connectivity index (χ3v) is 4.97. The summed E-state index contributed by atoms with van der Waals surface area (Å²) in [5, 5.41) is 24.5. The number of nitrogens with one attached hydrogen (secondary N) is 1. The van der Waals surface area contributed by atoms with E-state index in [2.05, 4.69) is 32.4 Å². The topological polar surface area (TPSA) is 74.2 Å². The Balaban J connectivity index is 1.63. The van der Waals surface area contributed by atoms with Gasteiger partial charge in [0.25, 0.3) is 0 Å². The second-order valence-electron chi connectivity index (χ2n) is 7.00. The molecule has 1 aromatic heterocycles. The molecule has 2 N–H and O–H groups in total. The number of benzene rings is 2. The van der Waals surface area contributed by atoms with Crippen LogP contribution in [0.4, 0.5) is 5.95 Å². The largest absolute Gasteiger partial charge is 0.507 e. The fraction of sp³-hybridized carbons (Fsp3) is 0.350. The average molecular weight is 349 g/mol. The standard InChI is InChI=1S/C20H23N5O/c1-13-18(17-10-9-14-6-3-4-8-16(14)19(17)26)23-24-20(21-13)22-15-7-5-11-25(2)12-15/h3-4,6,8-10,15,26H,5,7,11-12H2,1-2H3,(H,21,22,24)/t15-/m1/s1. The zero-order valence-corrected chi connectivity index (χ0v) is 15.1. The third kappa shape index (κ3) is 3.20. The average Bonchev–Trinajstić information content (AvgIpc) is 2.63. The number of nitrogens with zero attached hydrogens (tertiary/aromatic N) is 4. The Labute approximate surface area is 152 Å². The van der Waals surface area contributed by atoms with Gasteiger partial charge in [-0.15, -0.1) is 10.2 Å². The Hall–Kier alpha value is -2.73. The van der Waals surface area contributed by atoms with Crippen LogP contribution in [0.2, 0.25) is 0 Å². The van der Waals surface area contributed by atoms with Crippen molar-refractivity contribution in [3.8, 4) is 17.0 Å². The normalized spacial score (nSPS) is 18.2. The van der Waals surface area contributed by atoms with E-state index in [0.717, 1.165) is 36.0 Å². The van der Waals surface area contributed by atoms with E-state index in [0.29, 0.717) is 23.2 Å². The maximum absolute atomic E-state index is 10.7. The van der Waals surface area contributed by atoms with Crippen molar-refractivity contribution >= 4 is 16.7 Å². The molecule has 4 rings (SSSR count). The second kappa shape index (κ2) is 6.88. The Bertz CT molecular complexity index is 943. The Morgan fingerprint density at radius 1 is 1.15 bits per heavy atom. The molecule has 0 amide bonds. The summed E-state index contributed by atoms with van der Waals surface area (Å²) in [6.45, 7) is 4.02. The van der Waals surface area contributed by atoms with Crippen molar-refractivity contribution in [2.24, 2.45) is 0 Å². The van der Waals surface area contributed by atoms with Crippen LogP contribution in [0.5, 0.6) is 5.75 Å². The van der Waals surface area contributed by atoms with Crippen LogP contribution in [0.3, 0.4) is 0 Å². The highest BCUT2D eigenvalue weighted by atomic mass is 16.3. The van der Waals surface area contributed by atoms with Crippen molar-refractivity contribution < 1.29 is 5.11 Å². The molecule has 2 aromatic carbocycles. The Morgan fingerprint density at radius 2 is 2.00 bits per heavy atom. The number of anilines is 1. The molecule has 134 valence electrons. The number of phenols is 1. The summed E-state index contributed by atoms with van der Waals surface area (Å²) in [4.78, 5) is 6.88. The first kappa shape index (κ1) is 16.7. The number of likely N-dealkylation sites (N-methyl/N-ethyl adjacent to an activating group) is 1. The van der Waals surface area contributed by atoms with Crippen LogP contribution in [-0.2, 0) is 0 Å². The number of hydrogen-bond donors (Lipinski definition) is 2. The second-order valence-corrected chi connectivity index (χ2v) is 7.00. The molecule has 0 aliphatic carbocycles. The summed E-state index contributed by atoms with van der Waals surface area (Å²) in [5.41, 5.74) is 2.02. The zero-order chi connectivity index (χ0) is 18.1. The van der Waals surface area contributed by atoms with E-state index in [-0.39, 0.29) is 5.75 Å². The number of fused-ring (bicyclic) bond motifs is 1. The van der Waals surface area contributed by atoms with Gasteiger partial charge in [0.2, 0.25) is 5.95 Å². The molecule has 0 radical (unpaired) electrons. The van der Waals surface area contributed by atoms with E-state index in [9.17, 15) is 5.11 Å². The number of aryl methyl sites for hydroxylation is 1. The van der Waals surface area contributed by atoms with E-state index in [1.807, 2.05) is 43.3 Å². The summed E-state index contributed by atoms with van der Waals surface area (Å²) in [6, 6.07) is 11.9. The van der Waals surface area contributed by atoms with Gasteiger partial charge in [0.05, 0.1) is 5.69 Å². The van der Waals surface area contributed by atoms with Crippen LogP contribution < -0.4 is 5.32 Å². The number of rotatable bonds is 3. The lowest BCUT2D eigenvalue weighted by Crippen LogP contribution is -2.40. The SMILES string of the molecule is Cc1nc(N[C@@H]2CCCN(C)C2)nnc1-c1ccc2ccccc2c1O. The smallest absolute Gasteiger partial charge is 0.243 e. The van der Waals surface area contributed by atoms with Crippen LogP contribution in [0.15, 0.2) is 36.4 Å². The number of aromatic hydroxyl groups is 1. The molecule has 0 unspecified atom stereocenters. The maximum atomic E-state index is 10.7. The zero-order valence-electron chi connectivity index (χ0n) is 15.1. The molecule has 26 heavy (non-hydrogen) atoms. The van der Waals surface area contributed by atoms with Gasteiger partial charge in [-0.2, -0.15) is 0 Å². The maximum Gasteiger partial charge on any atom is 0.243 e. The minimum absolute atomic E-state index is 0.219. The first-order chi connectivity index (χ1) is 12.6. The Morgan fingerprint density at radius 3 is 2.81 bits per heavy atom. The Kier molecular flexibility index (Phi) is 4.42. The molecule has 1 saturated heterocycles. The molecule has 1 aliphatic heterocycles. The summed E-state index contributed by atoms with van der Waals surface area (Å²) in [7, 11) is 2.13.